The number of hydrogen-bond acceptors (Lipinski definition) is 3. The number of rotatable bonds is 3. The van der Waals surface area contributed by atoms with Crippen LogP contribution in [-0.2, 0) is 6.54 Å². The molecule has 16 heavy (non-hydrogen) atoms. The highest BCUT2D eigenvalue weighted by Gasteiger charge is 2.09. The molecule has 0 saturated carbocycles. The summed E-state index contributed by atoms with van der Waals surface area (Å²) >= 11 is 3.37. The molecule has 0 radical (unpaired) electrons. The highest BCUT2D eigenvalue weighted by atomic mass is 79.9. The van der Waals surface area contributed by atoms with Crippen LogP contribution in [0.2, 0.25) is 0 Å². The third-order valence-corrected chi connectivity index (χ3v) is 2.62. The number of anilines is 1. The van der Waals surface area contributed by atoms with Crippen LogP contribution in [-0.4, -0.2) is 14.5 Å². The first-order valence-electron chi connectivity index (χ1n) is 4.75. The first-order valence-corrected chi connectivity index (χ1v) is 5.54. The molecule has 82 valence electrons. The zero-order valence-corrected chi connectivity index (χ0v) is 10.2. The topological polar surface area (TPSA) is 56.7 Å². The van der Waals surface area contributed by atoms with Crippen LogP contribution in [0.1, 0.15) is 0 Å². The molecule has 0 fully saturated rings. The Morgan fingerprint density at radius 1 is 1.50 bits per heavy atom. The van der Waals surface area contributed by atoms with Gasteiger partial charge in [0.15, 0.2) is 0 Å². The first kappa shape index (κ1) is 10.9. The van der Waals surface area contributed by atoms with Gasteiger partial charge in [0, 0.05) is 29.0 Å². The summed E-state index contributed by atoms with van der Waals surface area (Å²) in [5.74, 6) is 0.625. The minimum absolute atomic E-state index is 0.625. The van der Waals surface area contributed by atoms with Gasteiger partial charge in [-0.3, -0.25) is 4.98 Å². The Bertz CT molecular complexity index is 518. The number of nitrogen functional groups attached to an aromatic ring is 1. The second-order valence-corrected chi connectivity index (χ2v) is 4.23. The maximum Gasteiger partial charge on any atom is 0.131 e. The molecule has 2 aromatic rings. The summed E-state index contributed by atoms with van der Waals surface area (Å²) in [6.45, 7) is 4.32. The molecule has 0 atom stereocenters. The van der Waals surface area contributed by atoms with E-state index in [9.17, 15) is 0 Å². The highest BCUT2D eigenvalue weighted by molar-refractivity contribution is 9.10. The molecule has 0 aromatic carbocycles. The van der Waals surface area contributed by atoms with E-state index in [1.165, 1.54) is 0 Å². The van der Waals surface area contributed by atoms with E-state index < -0.39 is 0 Å². The summed E-state index contributed by atoms with van der Waals surface area (Å²) in [4.78, 5) is 8.36. The number of imidazole rings is 1. The molecule has 2 aromatic heterocycles. The number of halogens is 1. The predicted molar refractivity (Wildman–Crippen MR) is 67.8 cm³/mol. The van der Waals surface area contributed by atoms with Crippen LogP contribution in [0.5, 0.6) is 0 Å². The van der Waals surface area contributed by atoms with Gasteiger partial charge in [0.25, 0.3) is 0 Å². The van der Waals surface area contributed by atoms with Crippen molar-refractivity contribution in [2.24, 2.45) is 0 Å². The van der Waals surface area contributed by atoms with E-state index in [2.05, 4.69) is 32.5 Å². The van der Waals surface area contributed by atoms with E-state index in [0.29, 0.717) is 12.4 Å². The van der Waals surface area contributed by atoms with E-state index in [1.54, 1.807) is 24.8 Å². The van der Waals surface area contributed by atoms with E-state index in [0.717, 1.165) is 15.7 Å². The maximum absolute atomic E-state index is 5.98. The Morgan fingerprint density at radius 3 is 3.00 bits per heavy atom. The molecule has 2 N–H and O–H groups in total. The fourth-order valence-corrected chi connectivity index (χ4v) is 1.80. The lowest BCUT2D eigenvalue weighted by molar-refractivity contribution is 0.833. The van der Waals surface area contributed by atoms with Gasteiger partial charge in [0.1, 0.15) is 11.5 Å². The van der Waals surface area contributed by atoms with Crippen LogP contribution in [0.4, 0.5) is 5.82 Å². The lowest BCUT2D eigenvalue weighted by Crippen LogP contribution is -2.00. The molecule has 0 spiro atoms. The maximum atomic E-state index is 5.98. The van der Waals surface area contributed by atoms with Crippen molar-refractivity contribution in [3.63, 3.8) is 0 Å². The van der Waals surface area contributed by atoms with Gasteiger partial charge < -0.3 is 10.3 Å². The molecule has 0 amide bonds. The van der Waals surface area contributed by atoms with Gasteiger partial charge in [-0.05, 0) is 22.0 Å². The highest BCUT2D eigenvalue weighted by Crippen LogP contribution is 2.25. The molecule has 0 aliphatic heterocycles. The van der Waals surface area contributed by atoms with E-state index in [-0.39, 0.29) is 0 Å². The van der Waals surface area contributed by atoms with Crippen molar-refractivity contribution >= 4 is 21.7 Å². The summed E-state index contributed by atoms with van der Waals surface area (Å²) in [6, 6.07) is 1.93. The molecular weight excluding hydrogens is 268 g/mol. The summed E-state index contributed by atoms with van der Waals surface area (Å²) in [5.41, 5.74) is 7.62. The van der Waals surface area contributed by atoms with Crippen molar-refractivity contribution in [3.8, 4) is 11.3 Å². The number of hydrogen-bond donors (Lipinski definition) is 1. The SMILES string of the molecule is C=CCn1cnc(-c2cncc(Br)c2)c1N. The standard InChI is InChI=1S/C11H11BrN4/c1-2-3-16-7-15-10(11(16)13)8-4-9(12)6-14-5-8/h2,4-7H,1,3,13H2. The average Bonchev–Trinajstić information content (AvgIpc) is 2.61. The largest absolute Gasteiger partial charge is 0.383 e. The van der Waals surface area contributed by atoms with Crippen LogP contribution in [0.15, 0.2) is 41.9 Å². The normalized spacial score (nSPS) is 10.3. The second-order valence-electron chi connectivity index (χ2n) is 3.31. The predicted octanol–water partition coefficient (Wildman–Crippen LogP) is 2.48. The Morgan fingerprint density at radius 2 is 2.31 bits per heavy atom. The zero-order valence-electron chi connectivity index (χ0n) is 8.60. The van der Waals surface area contributed by atoms with E-state index in [4.69, 9.17) is 5.73 Å². The van der Waals surface area contributed by atoms with Crippen molar-refractivity contribution in [3.05, 3.63) is 41.9 Å². The smallest absolute Gasteiger partial charge is 0.131 e. The number of aromatic nitrogens is 3. The van der Waals surface area contributed by atoms with Gasteiger partial charge in [0.05, 0.1) is 6.33 Å². The molecule has 0 unspecified atom stereocenters. The molecule has 0 saturated heterocycles. The van der Waals surface area contributed by atoms with Gasteiger partial charge >= 0.3 is 0 Å². The van der Waals surface area contributed by atoms with Gasteiger partial charge in [-0.25, -0.2) is 4.98 Å². The third-order valence-electron chi connectivity index (χ3n) is 2.18. The fraction of sp³-hybridized carbons (Fsp3) is 0.0909. The average molecular weight is 279 g/mol. The molecule has 5 heteroatoms. The van der Waals surface area contributed by atoms with Crippen LogP contribution < -0.4 is 5.73 Å². The second kappa shape index (κ2) is 4.49. The van der Waals surface area contributed by atoms with Gasteiger partial charge in [-0.1, -0.05) is 6.08 Å². The molecule has 0 bridgehead atoms. The number of nitrogens with zero attached hydrogens (tertiary/aromatic N) is 3. The number of pyridine rings is 1. The Kier molecular flexibility index (Phi) is 3.05. The van der Waals surface area contributed by atoms with Crippen molar-refractivity contribution < 1.29 is 0 Å². The third kappa shape index (κ3) is 1.99. The van der Waals surface area contributed by atoms with Crippen molar-refractivity contribution in [2.75, 3.05) is 5.73 Å². The van der Waals surface area contributed by atoms with Crippen molar-refractivity contribution in [1.29, 1.82) is 0 Å². The number of nitrogens with two attached hydrogens (primary N) is 1. The molecule has 2 rings (SSSR count). The Hall–Kier alpha value is -1.62. The minimum atomic E-state index is 0.625. The van der Waals surface area contributed by atoms with Crippen LogP contribution in [0.3, 0.4) is 0 Å². The molecule has 4 nitrogen and oxygen atoms in total. The molecule has 0 aliphatic carbocycles. The lowest BCUT2D eigenvalue weighted by atomic mass is 10.2. The van der Waals surface area contributed by atoms with Crippen LogP contribution >= 0.6 is 15.9 Å². The summed E-state index contributed by atoms with van der Waals surface area (Å²) in [7, 11) is 0. The molecule has 2 heterocycles. The van der Waals surface area contributed by atoms with E-state index >= 15 is 0 Å². The summed E-state index contributed by atoms with van der Waals surface area (Å²) in [6.07, 6.45) is 6.94. The summed E-state index contributed by atoms with van der Waals surface area (Å²) < 4.78 is 2.74. The first-order chi connectivity index (χ1) is 7.72. The van der Waals surface area contributed by atoms with Crippen molar-refractivity contribution in [2.45, 2.75) is 6.54 Å². The fourth-order valence-electron chi connectivity index (χ4n) is 1.44. The Balaban J connectivity index is 2.44. The molecular formula is C11H11BrN4. The Labute approximate surface area is 102 Å². The lowest BCUT2D eigenvalue weighted by Gasteiger charge is -2.02. The quantitative estimate of drug-likeness (QED) is 0.878. The van der Waals surface area contributed by atoms with E-state index in [1.807, 2.05) is 10.6 Å². The zero-order chi connectivity index (χ0) is 11.5. The van der Waals surface area contributed by atoms with Gasteiger partial charge in [-0.15, -0.1) is 6.58 Å². The number of allylic oxidation sites excluding steroid dienone is 1. The molecule has 0 aliphatic rings. The van der Waals surface area contributed by atoms with Gasteiger partial charge in [-0.2, -0.15) is 0 Å². The van der Waals surface area contributed by atoms with Gasteiger partial charge in [0.2, 0.25) is 0 Å². The monoisotopic (exact) mass is 278 g/mol. The van der Waals surface area contributed by atoms with Crippen LogP contribution in [0.25, 0.3) is 11.3 Å². The summed E-state index contributed by atoms with van der Waals surface area (Å²) in [5, 5.41) is 0. The minimum Gasteiger partial charge on any atom is -0.383 e. The van der Waals surface area contributed by atoms with Crippen molar-refractivity contribution in [1.82, 2.24) is 14.5 Å². The van der Waals surface area contributed by atoms with Crippen LogP contribution in [0, 0.1) is 0 Å².